The highest BCUT2D eigenvalue weighted by atomic mass is 16.4. The van der Waals surface area contributed by atoms with E-state index < -0.39 is 11.9 Å². The van der Waals surface area contributed by atoms with Crippen molar-refractivity contribution in [2.75, 3.05) is 5.32 Å². The Morgan fingerprint density at radius 3 is 2.50 bits per heavy atom. The summed E-state index contributed by atoms with van der Waals surface area (Å²) in [5, 5.41) is 22.8. The van der Waals surface area contributed by atoms with Gasteiger partial charge in [-0.2, -0.15) is 0 Å². The Bertz CT molecular complexity index is 876. The molecule has 1 heterocycles. The van der Waals surface area contributed by atoms with Crippen LogP contribution in [0.2, 0.25) is 0 Å². The topological polar surface area (TPSA) is 110 Å². The first-order valence-electron chi connectivity index (χ1n) is 7.09. The number of aromatic nitrogens is 4. The molecular formula is C16H13N5O3. The zero-order valence-electron chi connectivity index (χ0n) is 12.5. The van der Waals surface area contributed by atoms with Gasteiger partial charge in [0.05, 0.1) is 12.2 Å². The number of rotatable bonds is 4. The van der Waals surface area contributed by atoms with Crippen molar-refractivity contribution in [2.45, 2.75) is 6.54 Å². The Labute approximate surface area is 136 Å². The van der Waals surface area contributed by atoms with E-state index in [1.165, 1.54) is 0 Å². The lowest BCUT2D eigenvalue weighted by atomic mass is 10.1. The van der Waals surface area contributed by atoms with Crippen LogP contribution in [0.15, 0.2) is 54.6 Å². The van der Waals surface area contributed by atoms with E-state index in [1.54, 1.807) is 28.9 Å². The first-order valence-corrected chi connectivity index (χ1v) is 7.09. The maximum atomic E-state index is 11.4. The molecule has 0 unspecified atom stereocenters. The van der Waals surface area contributed by atoms with Crippen LogP contribution in [0.5, 0.6) is 0 Å². The summed E-state index contributed by atoms with van der Waals surface area (Å²) in [7, 11) is 0. The molecule has 0 aliphatic rings. The van der Waals surface area contributed by atoms with Crippen LogP contribution in [-0.4, -0.2) is 37.2 Å². The van der Waals surface area contributed by atoms with Gasteiger partial charge in [0.2, 0.25) is 0 Å². The summed E-state index contributed by atoms with van der Waals surface area (Å²) in [4.78, 5) is 22.2. The molecule has 24 heavy (non-hydrogen) atoms. The number of carbonyl (C=O) groups excluding carboxylic acids is 1. The van der Waals surface area contributed by atoms with Gasteiger partial charge in [0.1, 0.15) is 0 Å². The second-order valence-electron chi connectivity index (χ2n) is 4.95. The maximum Gasteiger partial charge on any atom is 0.394 e. The second kappa shape index (κ2) is 6.69. The Balaban J connectivity index is 1.94. The highest BCUT2D eigenvalue weighted by Crippen LogP contribution is 2.26. The quantitative estimate of drug-likeness (QED) is 0.703. The van der Waals surface area contributed by atoms with Crippen LogP contribution in [0, 0.1) is 0 Å². The van der Waals surface area contributed by atoms with Crippen molar-refractivity contribution in [3.8, 4) is 11.4 Å². The molecule has 0 spiro atoms. The number of benzene rings is 2. The van der Waals surface area contributed by atoms with Crippen LogP contribution >= 0.6 is 0 Å². The first kappa shape index (κ1) is 15.3. The van der Waals surface area contributed by atoms with Gasteiger partial charge >= 0.3 is 11.9 Å². The molecule has 0 saturated carbocycles. The highest BCUT2D eigenvalue weighted by Gasteiger charge is 2.17. The van der Waals surface area contributed by atoms with Crippen molar-refractivity contribution in [2.24, 2.45) is 0 Å². The third-order valence-electron chi connectivity index (χ3n) is 3.32. The van der Waals surface area contributed by atoms with Crippen molar-refractivity contribution < 1.29 is 14.7 Å². The van der Waals surface area contributed by atoms with Crippen molar-refractivity contribution in [1.29, 1.82) is 0 Å². The number of hydrogen-bond acceptors (Lipinski definition) is 5. The molecule has 0 atom stereocenters. The Hall–Kier alpha value is -3.55. The molecule has 0 saturated heterocycles. The molecule has 2 N–H and O–H groups in total. The monoisotopic (exact) mass is 323 g/mol. The smallest absolute Gasteiger partial charge is 0.394 e. The number of nitrogens with one attached hydrogen (secondary N) is 1. The number of nitrogens with zero attached hydrogens (tertiary/aromatic N) is 4. The van der Waals surface area contributed by atoms with Gasteiger partial charge in [-0.05, 0) is 28.1 Å². The van der Waals surface area contributed by atoms with E-state index in [0.29, 0.717) is 23.6 Å². The number of hydrogen-bond donors (Lipinski definition) is 2. The normalized spacial score (nSPS) is 10.3. The third-order valence-corrected chi connectivity index (χ3v) is 3.32. The fraction of sp³-hybridized carbons (Fsp3) is 0.0625. The molecule has 3 aromatic rings. The standard InChI is InChI=1S/C16H13N5O3/c22-15(16(23)24)17-13-9-5-4-8-12(13)14-18-19-20-21(14)10-11-6-2-1-3-7-11/h1-9H,10H2,(H,17,22)(H,23,24). The number of amides is 1. The molecule has 0 fully saturated rings. The van der Waals surface area contributed by atoms with Crippen molar-refractivity contribution in [3.63, 3.8) is 0 Å². The number of carboxylic acid groups (broad SMARTS) is 1. The van der Waals surface area contributed by atoms with Gasteiger partial charge in [0.25, 0.3) is 0 Å². The average Bonchev–Trinajstić information content (AvgIpc) is 3.04. The van der Waals surface area contributed by atoms with E-state index in [4.69, 9.17) is 5.11 Å². The van der Waals surface area contributed by atoms with E-state index in [9.17, 15) is 9.59 Å². The minimum absolute atomic E-state index is 0.328. The summed E-state index contributed by atoms with van der Waals surface area (Å²) in [6.07, 6.45) is 0. The summed E-state index contributed by atoms with van der Waals surface area (Å²) in [5.41, 5.74) is 1.88. The second-order valence-corrected chi connectivity index (χ2v) is 4.95. The van der Waals surface area contributed by atoms with Crippen molar-refractivity contribution >= 4 is 17.6 Å². The Morgan fingerprint density at radius 1 is 1.04 bits per heavy atom. The van der Waals surface area contributed by atoms with Gasteiger partial charge in [-0.25, -0.2) is 9.48 Å². The summed E-state index contributed by atoms with van der Waals surface area (Å²) >= 11 is 0. The van der Waals surface area contributed by atoms with Crippen LogP contribution in [0.3, 0.4) is 0 Å². The van der Waals surface area contributed by atoms with Crippen molar-refractivity contribution in [3.05, 3.63) is 60.2 Å². The fourth-order valence-corrected chi connectivity index (χ4v) is 2.22. The summed E-state index contributed by atoms with van der Waals surface area (Å²) in [6.45, 7) is 0.449. The van der Waals surface area contributed by atoms with Crippen LogP contribution in [-0.2, 0) is 16.1 Å². The van der Waals surface area contributed by atoms with Gasteiger partial charge < -0.3 is 10.4 Å². The lowest BCUT2D eigenvalue weighted by Gasteiger charge is -2.10. The number of carboxylic acids is 1. The predicted molar refractivity (Wildman–Crippen MR) is 85.1 cm³/mol. The van der Waals surface area contributed by atoms with Crippen molar-refractivity contribution in [1.82, 2.24) is 20.2 Å². The molecule has 0 aliphatic carbocycles. The molecule has 0 bridgehead atoms. The molecular weight excluding hydrogens is 310 g/mol. The Morgan fingerprint density at radius 2 is 1.75 bits per heavy atom. The van der Waals surface area contributed by atoms with E-state index >= 15 is 0 Å². The Kier molecular flexibility index (Phi) is 4.28. The maximum absolute atomic E-state index is 11.4. The molecule has 120 valence electrons. The molecule has 1 amide bonds. The van der Waals surface area contributed by atoms with Gasteiger partial charge in [0.15, 0.2) is 5.82 Å². The van der Waals surface area contributed by atoms with Crippen LogP contribution < -0.4 is 5.32 Å². The number of carbonyl (C=O) groups is 2. The van der Waals surface area contributed by atoms with Gasteiger partial charge in [-0.3, -0.25) is 4.79 Å². The summed E-state index contributed by atoms with van der Waals surface area (Å²) in [6, 6.07) is 16.4. The van der Waals surface area contributed by atoms with Crippen LogP contribution in [0.1, 0.15) is 5.56 Å². The predicted octanol–water partition coefficient (Wildman–Crippen LogP) is 1.41. The van der Waals surface area contributed by atoms with Gasteiger partial charge in [-0.15, -0.1) is 5.10 Å². The fourth-order valence-electron chi connectivity index (χ4n) is 2.22. The first-order chi connectivity index (χ1) is 11.6. The summed E-state index contributed by atoms with van der Waals surface area (Å²) < 4.78 is 1.58. The van der Waals surface area contributed by atoms with E-state index in [2.05, 4.69) is 20.8 Å². The minimum atomic E-state index is -1.56. The molecule has 0 radical (unpaired) electrons. The van der Waals surface area contributed by atoms with Crippen LogP contribution in [0.4, 0.5) is 5.69 Å². The van der Waals surface area contributed by atoms with E-state index in [1.807, 2.05) is 30.3 Å². The lowest BCUT2D eigenvalue weighted by molar-refractivity contribution is -0.147. The lowest BCUT2D eigenvalue weighted by Crippen LogP contribution is -2.22. The SMILES string of the molecule is O=C(O)C(=O)Nc1ccccc1-c1nnnn1Cc1ccccc1. The van der Waals surface area contributed by atoms with E-state index in [-0.39, 0.29) is 0 Å². The highest BCUT2D eigenvalue weighted by molar-refractivity contribution is 6.36. The zero-order valence-corrected chi connectivity index (χ0v) is 12.5. The molecule has 3 rings (SSSR count). The average molecular weight is 323 g/mol. The number of para-hydroxylation sites is 1. The van der Waals surface area contributed by atoms with Gasteiger partial charge in [-0.1, -0.05) is 42.5 Å². The zero-order chi connectivity index (χ0) is 16.9. The van der Waals surface area contributed by atoms with E-state index in [0.717, 1.165) is 5.56 Å². The number of anilines is 1. The number of aliphatic carboxylic acids is 1. The minimum Gasteiger partial charge on any atom is -0.474 e. The molecule has 0 aliphatic heterocycles. The molecule has 2 aromatic carbocycles. The largest absolute Gasteiger partial charge is 0.474 e. The molecule has 8 nitrogen and oxygen atoms in total. The van der Waals surface area contributed by atoms with Crippen LogP contribution in [0.25, 0.3) is 11.4 Å². The number of tetrazole rings is 1. The molecule has 8 heteroatoms. The molecule has 1 aromatic heterocycles. The van der Waals surface area contributed by atoms with Gasteiger partial charge in [0, 0.05) is 5.56 Å². The summed E-state index contributed by atoms with van der Waals surface area (Å²) in [5.74, 6) is -2.25. The third kappa shape index (κ3) is 3.27.